The molecular weight excluding hydrogens is 490 g/mol. The Kier molecular flexibility index (Phi) is 13.1. The molecule has 0 spiro atoms. The van der Waals surface area contributed by atoms with Gasteiger partial charge in [-0.05, 0) is 80.8 Å². The van der Waals surface area contributed by atoms with E-state index in [-0.39, 0.29) is 5.97 Å². The summed E-state index contributed by atoms with van der Waals surface area (Å²) in [5.41, 5.74) is 3.25. The van der Waals surface area contributed by atoms with Crippen LogP contribution in [0.4, 0.5) is 11.4 Å². The summed E-state index contributed by atoms with van der Waals surface area (Å²) in [7, 11) is 1.64. The molecule has 0 radical (unpaired) electrons. The number of azo groups is 1. The summed E-state index contributed by atoms with van der Waals surface area (Å²) in [6.07, 6.45) is 15.0. The third-order valence-corrected chi connectivity index (χ3v) is 6.59. The number of aryl methyl sites for hydroxylation is 2. The summed E-state index contributed by atoms with van der Waals surface area (Å²) in [4.78, 5) is 11.9. The van der Waals surface area contributed by atoms with Crippen molar-refractivity contribution in [3.05, 3.63) is 72.1 Å². The van der Waals surface area contributed by atoms with E-state index in [0.717, 1.165) is 54.4 Å². The highest BCUT2D eigenvalue weighted by molar-refractivity contribution is 5.90. The highest BCUT2D eigenvalue weighted by atomic mass is 16.5. The number of rotatable bonds is 18. The molecule has 0 saturated heterocycles. The summed E-state index contributed by atoms with van der Waals surface area (Å²) in [6, 6.07) is 15.2. The summed E-state index contributed by atoms with van der Waals surface area (Å²) in [6.45, 7) is 5.90. The number of carbonyl (C=O) groups excluding carboxylic acids is 1. The number of hydrogen-bond acceptors (Lipinski definition) is 6. The number of carbonyl (C=O) groups is 1. The van der Waals surface area contributed by atoms with E-state index in [0.29, 0.717) is 12.2 Å². The lowest BCUT2D eigenvalue weighted by molar-refractivity contribution is 0.0525. The maximum Gasteiger partial charge on any atom is 0.339 e. The van der Waals surface area contributed by atoms with Crippen LogP contribution in [0.3, 0.4) is 0 Å². The van der Waals surface area contributed by atoms with Crippen molar-refractivity contribution in [3.8, 4) is 11.5 Å². The van der Waals surface area contributed by atoms with Crippen molar-refractivity contribution in [2.45, 2.75) is 78.2 Å². The fraction of sp³-hybridized carbons (Fsp3) is 0.469. The van der Waals surface area contributed by atoms with Crippen molar-refractivity contribution in [1.29, 1.82) is 0 Å². The molecule has 3 aromatic rings. The number of methoxy groups -OCH3 is 1. The molecule has 39 heavy (non-hydrogen) atoms. The first kappa shape index (κ1) is 29.9. The molecule has 1 aromatic heterocycles. The average Bonchev–Trinajstić information content (AvgIpc) is 3.33. The van der Waals surface area contributed by atoms with Gasteiger partial charge in [0, 0.05) is 18.9 Å². The van der Waals surface area contributed by atoms with Crippen LogP contribution in [0.1, 0.15) is 80.6 Å². The Labute approximate surface area is 233 Å². The molecule has 0 bridgehead atoms. The van der Waals surface area contributed by atoms with Gasteiger partial charge >= 0.3 is 5.97 Å². The van der Waals surface area contributed by atoms with Crippen molar-refractivity contribution in [1.82, 2.24) is 4.57 Å². The smallest absolute Gasteiger partial charge is 0.339 e. The fourth-order valence-electron chi connectivity index (χ4n) is 4.37. The number of hydrogen-bond donors (Lipinski definition) is 0. The fourth-order valence-corrected chi connectivity index (χ4v) is 4.37. The zero-order chi connectivity index (χ0) is 27.7. The molecule has 0 saturated carbocycles. The van der Waals surface area contributed by atoms with Crippen LogP contribution >= 0.6 is 0 Å². The van der Waals surface area contributed by atoms with Crippen LogP contribution in [0.2, 0.25) is 0 Å². The predicted octanol–water partition coefficient (Wildman–Crippen LogP) is 8.99. The average molecular weight is 534 g/mol. The summed E-state index contributed by atoms with van der Waals surface area (Å²) in [5, 5.41) is 8.53. The van der Waals surface area contributed by atoms with Crippen LogP contribution < -0.4 is 9.47 Å². The molecule has 210 valence electrons. The van der Waals surface area contributed by atoms with E-state index in [1.807, 2.05) is 74.8 Å². The topological polar surface area (TPSA) is 74.4 Å². The molecule has 7 heteroatoms. The lowest BCUT2D eigenvalue weighted by atomic mass is 10.1. The lowest BCUT2D eigenvalue weighted by Crippen LogP contribution is -2.04. The van der Waals surface area contributed by atoms with Gasteiger partial charge in [0.25, 0.3) is 0 Å². The second kappa shape index (κ2) is 17.1. The normalized spacial score (nSPS) is 11.2. The van der Waals surface area contributed by atoms with Crippen LogP contribution in [0, 0.1) is 6.92 Å². The van der Waals surface area contributed by atoms with E-state index >= 15 is 0 Å². The van der Waals surface area contributed by atoms with Gasteiger partial charge in [0.05, 0.1) is 37.3 Å². The molecule has 2 aromatic carbocycles. The quantitative estimate of drug-likeness (QED) is 0.0929. The van der Waals surface area contributed by atoms with Gasteiger partial charge in [-0.1, -0.05) is 44.9 Å². The Morgan fingerprint density at radius 3 is 1.85 bits per heavy atom. The highest BCUT2D eigenvalue weighted by Crippen LogP contribution is 2.23. The minimum atomic E-state index is -0.223. The van der Waals surface area contributed by atoms with Gasteiger partial charge < -0.3 is 18.8 Å². The number of aromatic nitrogens is 1. The number of esters is 1. The molecule has 3 rings (SSSR count). The Morgan fingerprint density at radius 1 is 0.744 bits per heavy atom. The van der Waals surface area contributed by atoms with Gasteiger partial charge in [-0.25, -0.2) is 4.79 Å². The zero-order valence-electron chi connectivity index (χ0n) is 23.7. The van der Waals surface area contributed by atoms with Crippen molar-refractivity contribution >= 4 is 17.3 Å². The highest BCUT2D eigenvalue weighted by Gasteiger charge is 2.12. The number of unbranched alkanes of at least 4 members (excludes halogenated alkanes) is 8. The van der Waals surface area contributed by atoms with Crippen molar-refractivity contribution < 1.29 is 19.0 Å². The molecule has 0 atom stereocenters. The molecule has 7 nitrogen and oxygen atoms in total. The Morgan fingerprint density at radius 2 is 1.28 bits per heavy atom. The van der Waals surface area contributed by atoms with Crippen molar-refractivity contribution in [2.24, 2.45) is 10.2 Å². The van der Waals surface area contributed by atoms with E-state index in [2.05, 4.69) is 14.8 Å². The molecule has 0 fully saturated rings. The van der Waals surface area contributed by atoms with Crippen LogP contribution in [0.15, 0.2) is 71.2 Å². The zero-order valence-corrected chi connectivity index (χ0v) is 23.7. The predicted molar refractivity (Wildman–Crippen MR) is 156 cm³/mol. The molecule has 0 aliphatic carbocycles. The van der Waals surface area contributed by atoms with Gasteiger partial charge in [-0.2, -0.15) is 10.2 Å². The third kappa shape index (κ3) is 11.0. The monoisotopic (exact) mass is 533 g/mol. The van der Waals surface area contributed by atoms with Crippen LogP contribution in [-0.2, 0) is 11.3 Å². The van der Waals surface area contributed by atoms with Crippen LogP contribution in [0.25, 0.3) is 0 Å². The largest absolute Gasteiger partial charge is 0.497 e. The number of ether oxygens (including phenoxy) is 3. The minimum Gasteiger partial charge on any atom is -0.497 e. The number of nitrogens with zero attached hydrogens (tertiary/aromatic N) is 3. The Hall–Kier alpha value is -3.61. The van der Waals surface area contributed by atoms with Crippen LogP contribution in [0.5, 0.6) is 11.5 Å². The summed E-state index contributed by atoms with van der Waals surface area (Å²) >= 11 is 0. The minimum absolute atomic E-state index is 0.223. The molecular formula is C32H43N3O4. The maximum absolute atomic E-state index is 11.9. The van der Waals surface area contributed by atoms with Gasteiger partial charge in [-0.15, -0.1) is 0 Å². The molecule has 0 unspecified atom stereocenters. The first-order valence-corrected chi connectivity index (χ1v) is 14.2. The SMILES string of the molecule is CCOC(=O)c1cn(CCCCCCCCCCCOc2ccc(N=Nc3ccc(OC)cc3)cc2)cc1C. The van der Waals surface area contributed by atoms with Gasteiger partial charge in [0.15, 0.2) is 0 Å². The van der Waals surface area contributed by atoms with Gasteiger partial charge in [0.1, 0.15) is 11.5 Å². The molecule has 0 N–H and O–H groups in total. The van der Waals surface area contributed by atoms with Crippen LogP contribution in [-0.4, -0.2) is 30.9 Å². The van der Waals surface area contributed by atoms with Crippen molar-refractivity contribution in [2.75, 3.05) is 20.3 Å². The summed E-state index contributed by atoms with van der Waals surface area (Å²) < 4.78 is 18.3. The van der Waals surface area contributed by atoms with E-state index in [4.69, 9.17) is 14.2 Å². The first-order valence-electron chi connectivity index (χ1n) is 14.2. The summed E-state index contributed by atoms with van der Waals surface area (Å²) in [5.74, 6) is 1.44. The maximum atomic E-state index is 11.9. The molecule has 0 aliphatic heterocycles. The first-order chi connectivity index (χ1) is 19.1. The van der Waals surface area contributed by atoms with Crippen molar-refractivity contribution in [3.63, 3.8) is 0 Å². The molecule has 0 amide bonds. The standard InChI is InChI=1S/C32H43N3O4/c1-4-38-32(36)31-25-35(24-26(31)2)22-12-10-8-6-5-7-9-11-13-23-39-30-20-16-28(17-21-30)34-33-27-14-18-29(37-3)19-15-27/h14-21,24-25H,4-13,22-23H2,1-3H3. The van der Waals surface area contributed by atoms with E-state index in [9.17, 15) is 4.79 Å². The Bertz CT molecular complexity index is 1140. The van der Waals surface area contributed by atoms with E-state index < -0.39 is 0 Å². The Balaban J connectivity index is 1.17. The number of benzene rings is 2. The molecule has 1 heterocycles. The lowest BCUT2D eigenvalue weighted by Gasteiger charge is -2.06. The van der Waals surface area contributed by atoms with Gasteiger partial charge in [-0.3, -0.25) is 0 Å². The van der Waals surface area contributed by atoms with E-state index in [1.165, 1.54) is 44.9 Å². The second-order valence-corrected chi connectivity index (χ2v) is 9.74. The third-order valence-electron chi connectivity index (χ3n) is 6.59. The second-order valence-electron chi connectivity index (χ2n) is 9.74. The van der Waals surface area contributed by atoms with E-state index in [1.54, 1.807) is 7.11 Å². The van der Waals surface area contributed by atoms with Gasteiger partial charge in [0.2, 0.25) is 0 Å². The molecule has 0 aliphatic rings.